The van der Waals surface area contributed by atoms with E-state index in [2.05, 4.69) is 10.6 Å². The van der Waals surface area contributed by atoms with Gasteiger partial charge < -0.3 is 20.5 Å². The third-order valence-electron chi connectivity index (χ3n) is 4.04. The second kappa shape index (κ2) is 7.79. The monoisotopic (exact) mass is 354 g/mol. The number of benzene rings is 2. The molecule has 2 amide bonds. The van der Waals surface area contributed by atoms with E-state index < -0.39 is 18.0 Å². The Morgan fingerprint density at radius 2 is 1.73 bits per heavy atom. The zero-order chi connectivity index (χ0) is 18.5. The fourth-order valence-electron chi connectivity index (χ4n) is 2.68. The highest BCUT2D eigenvalue weighted by Gasteiger charge is 2.24. The average Bonchev–Trinajstić information content (AvgIpc) is 3.17. The van der Waals surface area contributed by atoms with Gasteiger partial charge in [-0.2, -0.15) is 0 Å². The summed E-state index contributed by atoms with van der Waals surface area (Å²) in [7, 11) is 0. The molecule has 1 fully saturated rings. The van der Waals surface area contributed by atoms with Crippen molar-refractivity contribution in [3.05, 3.63) is 59.7 Å². The number of ether oxygens (including phenoxy) is 1. The lowest BCUT2D eigenvalue weighted by molar-refractivity contribution is -0.124. The average molecular weight is 354 g/mol. The molecule has 0 radical (unpaired) electrons. The number of rotatable bonds is 5. The number of hydrogen-bond acceptors (Lipinski definition) is 4. The number of aromatic carboxylic acids is 1. The first kappa shape index (κ1) is 17.6. The fraction of sp³-hybridized carbons (Fsp3) is 0.211. The van der Waals surface area contributed by atoms with E-state index in [-0.39, 0.29) is 11.5 Å². The summed E-state index contributed by atoms with van der Waals surface area (Å²) in [5.74, 6) is -1.71. The number of carbonyl (C=O) groups is 3. The summed E-state index contributed by atoms with van der Waals surface area (Å²) >= 11 is 0. The number of carboxylic acids is 1. The van der Waals surface area contributed by atoms with Crippen LogP contribution in [0.15, 0.2) is 48.5 Å². The van der Waals surface area contributed by atoms with E-state index in [9.17, 15) is 14.4 Å². The van der Waals surface area contributed by atoms with Gasteiger partial charge >= 0.3 is 5.97 Å². The third-order valence-corrected chi connectivity index (χ3v) is 4.04. The lowest BCUT2D eigenvalue weighted by Crippen LogP contribution is -2.28. The Bertz CT molecular complexity index is 826. The van der Waals surface area contributed by atoms with Gasteiger partial charge in [0, 0.05) is 12.3 Å². The first-order valence-corrected chi connectivity index (χ1v) is 8.21. The van der Waals surface area contributed by atoms with E-state index in [1.807, 2.05) is 0 Å². The molecule has 2 aromatic rings. The first-order valence-electron chi connectivity index (χ1n) is 8.21. The molecule has 1 atom stereocenters. The van der Waals surface area contributed by atoms with Gasteiger partial charge in [0.1, 0.15) is 6.10 Å². The van der Waals surface area contributed by atoms with E-state index in [1.165, 1.54) is 24.3 Å². The lowest BCUT2D eigenvalue weighted by atomic mass is 10.1. The van der Waals surface area contributed by atoms with Crippen molar-refractivity contribution in [2.24, 2.45) is 0 Å². The van der Waals surface area contributed by atoms with Crippen molar-refractivity contribution in [3.63, 3.8) is 0 Å². The molecule has 1 aliphatic rings. The van der Waals surface area contributed by atoms with Crippen LogP contribution in [0.1, 0.15) is 33.6 Å². The zero-order valence-electron chi connectivity index (χ0n) is 13.9. The van der Waals surface area contributed by atoms with Crippen molar-refractivity contribution in [2.45, 2.75) is 18.9 Å². The van der Waals surface area contributed by atoms with Gasteiger partial charge in [-0.25, -0.2) is 4.79 Å². The SMILES string of the molecule is O=C(O)c1ccc(NC(=O)c2ccccc2NC(=O)[C@@H]2CCCO2)cc1. The number of para-hydroxylation sites is 1. The van der Waals surface area contributed by atoms with Crippen LogP contribution >= 0.6 is 0 Å². The number of anilines is 2. The molecular formula is C19H18N2O5. The molecule has 26 heavy (non-hydrogen) atoms. The van der Waals surface area contributed by atoms with Gasteiger partial charge in [0.15, 0.2) is 0 Å². The Kier molecular flexibility index (Phi) is 5.28. The maximum Gasteiger partial charge on any atom is 0.335 e. The quantitative estimate of drug-likeness (QED) is 0.766. The minimum atomic E-state index is -1.04. The standard InChI is InChI=1S/C19H18N2O5/c22-17(20-13-9-7-12(8-10-13)19(24)25)14-4-1-2-5-15(14)21-18(23)16-6-3-11-26-16/h1-2,4-5,7-10,16H,3,6,11H2,(H,20,22)(H,21,23)(H,24,25)/t16-/m0/s1. The molecular weight excluding hydrogens is 336 g/mol. The van der Waals surface area contributed by atoms with Crippen LogP contribution in [0.5, 0.6) is 0 Å². The van der Waals surface area contributed by atoms with Crippen LogP contribution in [0.25, 0.3) is 0 Å². The van der Waals surface area contributed by atoms with Crippen molar-refractivity contribution in [1.82, 2.24) is 0 Å². The van der Waals surface area contributed by atoms with Gasteiger partial charge in [-0.15, -0.1) is 0 Å². The number of carbonyl (C=O) groups excluding carboxylic acids is 2. The van der Waals surface area contributed by atoms with E-state index in [0.29, 0.717) is 30.0 Å². The molecule has 7 nitrogen and oxygen atoms in total. The fourth-order valence-corrected chi connectivity index (χ4v) is 2.68. The van der Waals surface area contributed by atoms with Crippen LogP contribution in [0, 0.1) is 0 Å². The predicted molar refractivity (Wildman–Crippen MR) is 95.4 cm³/mol. The topological polar surface area (TPSA) is 105 Å². The summed E-state index contributed by atoms with van der Waals surface area (Å²) < 4.78 is 5.35. The summed E-state index contributed by atoms with van der Waals surface area (Å²) in [6, 6.07) is 12.5. The Balaban J connectivity index is 1.72. The van der Waals surface area contributed by atoms with Crippen molar-refractivity contribution in [1.29, 1.82) is 0 Å². The second-order valence-electron chi connectivity index (χ2n) is 5.87. The van der Waals surface area contributed by atoms with Crippen molar-refractivity contribution < 1.29 is 24.2 Å². The molecule has 2 aromatic carbocycles. The van der Waals surface area contributed by atoms with Gasteiger partial charge in [0.2, 0.25) is 0 Å². The van der Waals surface area contributed by atoms with E-state index >= 15 is 0 Å². The predicted octanol–water partition coefficient (Wildman–Crippen LogP) is 2.75. The smallest absolute Gasteiger partial charge is 0.335 e. The van der Waals surface area contributed by atoms with Crippen molar-refractivity contribution in [3.8, 4) is 0 Å². The zero-order valence-corrected chi connectivity index (χ0v) is 13.9. The minimum absolute atomic E-state index is 0.132. The Hall–Kier alpha value is -3.19. The molecule has 1 aliphatic heterocycles. The van der Waals surface area contributed by atoms with Gasteiger partial charge in [0.05, 0.1) is 16.8 Å². The molecule has 0 aliphatic carbocycles. The van der Waals surface area contributed by atoms with Crippen molar-refractivity contribution >= 4 is 29.2 Å². The van der Waals surface area contributed by atoms with Crippen LogP contribution in [0.3, 0.4) is 0 Å². The van der Waals surface area contributed by atoms with Crippen LogP contribution in [-0.4, -0.2) is 35.6 Å². The highest BCUT2D eigenvalue weighted by Crippen LogP contribution is 2.20. The Morgan fingerprint density at radius 3 is 2.38 bits per heavy atom. The minimum Gasteiger partial charge on any atom is -0.478 e. The number of hydrogen-bond donors (Lipinski definition) is 3. The van der Waals surface area contributed by atoms with Crippen molar-refractivity contribution in [2.75, 3.05) is 17.2 Å². The van der Waals surface area contributed by atoms with E-state index in [0.717, 1.165) is 6.42 Å². The summed E-state index contributed by atoms with van der Waals surface area (Å²) in [5, 5.41) is 14.3. The molecule has 0 bridgehead atoms. The van der Waals surface area contributed by atoms with Crippen LogP contribution in [0.4, 0.5) is 11.4 Å². The van der Waals surface area contributed by atoms with Gasteiger partial charge in [-0.3, -0.25) is 9.59 Å². The molecule has 1 heterocycles. The number of nitrogens with one attached hydrogen (secondary N) is 2. The Morgan fingerprint density at radius 1 is 1.00 bits per heavy atom. The molecule has 0 unspecified atom stereocenters. The van der Waals surface area contributed by atoms with Gasteiger partial charge in [-0.1, -0.05) is 12.1 Å². The maximum atomic E-state index is 12.5. The summed E-state index contributed by atoms with van der Waals surface area (Å²) in [5.41, 5.74) is 1.29. The van der Waals surface area contributed by atoms with E-state index in [1.54, 1.807) is 24.3 Å². The molecule has 134 valence electrons. The summed E-state index contributed by atoms with van der Waals surface area (Å²) in [4.78, 5) is 35.6. The molecule has 0 saturated carbocycles. The number of amides is 2. The third kappa shape index (κ3) is 4.07. The maximum absolute atomic E-state index is 12.5. The molecule has 3 N–H and O–H groups in total. The molecule has 7 heteroatoms. The van der Waals surface area contributed by atoms with E-state index in [4.69, 9.17) is 9.84 Å². The summed E-state index contributed by atoms with van der Waals surface area (Å²) in [6.45, 7) is 0.562. The van der Waals surface area contributed by atoms with Gasteiger partial charge in [0.25, 0.3) is 11.8 Å². The van der Waals surface area contributed by atoms with Crippen LogP contribution in [-0.2, 0) is 9.53 Å². The largest absolute Gasteiger partial charge is 0.478 e. The molecule has 0 aromatic heterocycles. The molecule has 3 rings (SSSR count). The summed E-state index contributed by atoms with van der Waals surface area (Å²) in [6.07, 6.45) is 1.01. The lowest BCUT2D eigenvalue weighted by Gasteiger charge is -2.14. The Labute approximate surface area is 150 Å². The highest BCUT2D eigenvalue weighted by atomic mass is 16.5. The molecule has 1 saturated heterocycles. The van der Waals surface area contributed by atoms with Crippen LogP contribution < -0.4 is 10.6 Å². The number of carboxylic acid groups (broad SMARTS) is 1. The second-order valence-corrected chi connectivity index (χ2v) is 5.87. The molecule has 0 spiro atoms. The first-order chi connectivity index (χ1) is 12.5. The normalized spacial score (nSPS) is 16.1. The highest BCUT2D eigenvalue weighted by molar-refractivity contribution is 6.10. The van der Waals surface area contributed by atoms with Crippen LogP contribution in [0.2, 0.25) is 0 Å². The van der Waals surface area contributed by atoms with Gasteiger partial charge in [-0.05, 0) is 49.2 Å².